The summed E-state index contributed by atoms with van der Waals surface area (Å²) >= 11 is 1.76. The van der Waals surface area contributed by atoms with E-state index in [0.717, 1.165) is 36.8 Å². The molecule has 2 amide bonds. The fourth-order valence-corrected chi connectivity index (χ4v) is 3.85. The summed E-state index contributed by atoms with van der Waals surface area (Å²) in [6.07, 6.45) is 3.09. The van der Waals surface area contributed by atoms with Gasteiger partial charge in [-0.3, -0.25) is 14.9 Å². The van der Waals surface area contributed by atoms with Crippen molar-refractivity contribution in [3.05, 3.63) is 24.0 Å². The van der Waals surface area contributed by atoms with Gasteiger partial charge in [0, 0.05) is 49.7 Å². The number of amides is 2. The van der Waals surface area contributed by atoms with Gasteiger partial charge in [0.25, 0.3) is 0 Å². The van der Waals surface area contributed by atoms with Crippen molar-refractivity contribution in [3.8, 4) is 0 Å². The first-order valence-corrected chi connectivity index (χ1v) is 8.89. The molecule has 0 aromatic carbocycles. The summed E-state index contributed by atoms with van der Waals surface area (Å²) < 4.78 is 0. The van der Waals surface area contributed by atoms with Gasteiger partial charge in [0.05, 0.1) is 12.5 Å². The number of aromatic amines is 1. The predicted molar refractivity (Wildman–Crippen MR) is 86.5 cm³/mol. The molecule has 2 fully saturated rings. The molecule has 1 unspecified atom stereocenters. The molecule has 0 radical (unpaired) electrons. The molecule has 0 bridgehead atoms. The van der Waals surface area contributed by atoms with Crippen LogP contribution in [0.5, 0.6) is 0 Å². The molecule has 2 aliphatic heterocycles. The predicted octanol–water partition coefficient (Wildman–Crippen LogP) is 0.281. The lowest BCUT2D eigenvalue weighted by molar-refractivity contribution is -0.134. The maximum absolute atomic E-state index is 12.4. The van der Waals surface area contributed by atoms with E-state index < -0.39 is 0 Å². The normalized spacial score (nSPS) is 22.6. The second-order valence-corrected chi connectivity index (χ2v) is 6.73. The van der Waals surface area contributed by atoms with Crippen LogP contribution >= 0.6 is 11.8 Å². The van der Waals surface area contributed by atoms with E-state index in [1.165, 1.54) is 0 Å². The number of hydrogen-bond acceptors (Lipinski definition) is 4. The first-order valence-electron chi connectivity index (χ1n) is 7.74. The molecule has 120 valence electrons. The largest absolute Gasteiger partial charge is 0.365 e. The Balaban J connectivity index is 1.53. The summed E-state index contributed by atoms with van der Waals surface area (Å²) in [5, 5.41) is 3.22. The Bertz CT molecular complexity index is 514. The molecule has 1 aromatic rings. The molecule has 0 saturated carbocycles. The Labute approximate surface area is 134 Å². The van der Waals surface area contributed by atoms with Crippen LogP contribution in [0.3, 0.4) is 0 Å². The maximum atomic E-state index is 12.4. The van der Waals surface area contributed by atoms with E-state index in [1.807, 2.05) is 28.1 Å². The van der Waals surface area contributed by atoms with Crippen LogP contribution < -0.4 is 5.32 Å². The van der Waals surface area contributed by atoms with Gasteiger partial charge in [-0.1, -0.05) is 0 Å². The molecule has 22 heavy (non-hydrogen) atoms. The van der Waals surface area contributed by atoms with Gasteiger partial charge < -0.3 is 14.8 Å². The van der Waals surface area contributed by atoms with Crippen LogP contribution in [-0.4, -0.2) is 70.4 Å². The maximum Gasteiger partial charge on any atom is 0.240 e. The summed E-state index contributed by atoms with van der Waals surface area (Å²) in [5.74, 6) is 2.02. The number of aromatic nitrogens is 1. The number of thioether (sulfide) groups is 1. The zero-order valence-corrected chi connectivity index (χ0v) is 13.4. The second kappa shape index (κ2) is 7.19. The minimum atomic E-state index is -0.0498. The van der Waals surface area contributed by atoms with Crippen molar-refractivity contribution in [3.63, 3.8) is 0 Å². The minimum Gasteiger partial charge on any atom is -0.365 e. The smallest absolute Gasteiger partial charge is 0.240 e. The molecular weight excluding hydrogens is 300 g/mol. The van der Waals surface area contributed by atoms with E-state index in [2.05, 4.69) is 10.3 Å². The van der Waals surface area contributed by atoms with Gasteiger partial charge in [-0.25, -0.2) is 0 Å². The monoisotopic (exact) mass is 322 g/mol. The Morgan fingerprint density at radius 2 is 2.05 bits per heavy atom. The highest BCUT2D eigenvalue weighted by Gasteiger charge is 2.29. The fraction of sp³-hybridized carbons (Fsp3) is 0.600. The first-order chi connectivity index (χ1) is 10.7. The zero-order valence-electron chi connectivity index (χ0n) is 12.6. The van der Waals surface area contributed by atoms with Gasteiger partial charge in [0.15, 0.2) is 0 Å². The van der Waals surface area contributed by atoms with E-state index in [9.17, 15) is 9.59 Å². The highest BCUT2D eigenvalue weighted by Crippen LogP contribution is 2.14. The second-order valence-electron chi connectivity index (χ2n) is 5.70. The van der Waals surface area contributed by atoms with Crippen molar-refractivity contribution in [2.75, 3.05) is 37.8 Å². The molecule has 2 N–H and O–H groups in total. The molecule has 7 heteroatoms. The first kappa shape index (κ1) is 15.4. The van der Waals surface area contributed by atoms with Gasteiger partial charge in [0.1, 0.15) is 0 Å². The Morgan fingerprint density at radius 1 is 1.23 bits per heavy atom. The van der Waals surface area contributed by atoms with Gasteiger partial charge in [-0.2, -0.15) is 0 Å². The number of carbonyl (C=O) groups is 2. The van der Waals surface area contributed by atoms with Crippen LogP contribution in [0.2, 0.25) is 0 Å². The minimum absolute atomic E-state index is 0.0498. The molecular formula is C15H22N4O2S. The number of nitrogens with one attached hydrogen (secondary N) is 2. The van der Waals surface area contributed by atoms with Crippen molar-refractivity contribution in [2.24, 2.45) is 0 Å². The third-order valence-corrected chi connectivity index (χ3v) is 5.12. The van der Waals surface area contributed by atoms with Crippen molar-refractivity contribution in [1.29, 1.82) is 0 Å². The summed E-state index contributed by atoms with van der Waals surface area (Å²) in [5.41, 5.74) is 0.939. The Hall–Kier alpha value is -1.47. The number of H-pyrrole nitrogens is 1. The van der Waals surface area contributed by atoms with Crippen molar-refractivity contribution in [2.45, 2.75) is 18.9 Å². The number of hydrogen-bond donors (Lipinski definition) is 2. The highest BCUT2D eigenvalue weighted by molar-refractivity contribution is 7.99. The summed E-state index contributed by atoms with van der Waals surface area (Å²) in [6.45, 7) is 2.74. The standard InChI is InChI=1S/C15H22N4O2S/c20-14(9-12-3-1-4-16-12)18-5-2-6-19(8-7-18)15(21)13-10-22-11-17-13/h1,3-4,13,16-17H,2,5-11H2. The van der Waals surface area contributed by atoms with Crippen LogP contribution in [0.4, 0.5) is 0 Å². The zero-order chi connectivity index (χ0) is 15.4. The molecule has 3 rings (SSSR count). The number of rotatable bonds is 3. The van der Waals surface area contributed by atoms with Gasteiger partial charge in [-0.15, -0.1) is 11.8 Å². The summed E-state index contributed by atoms with van der Waals surface area (Å²) in [7, 11) is 0. The lowest BCUT2D eigenvalue weighted by atomic mass is 10.2. The van der Waals surface area contributed by atoms with Crippen molar-refractivity contribution in [1.82, 2.24) is 20.1 Å². The van der Waals surface area contributed by atoms with E-state index in [0.29, 0.717) is 19.5 Å². The molecule has 2 aliphatic rings. The van der Waals surface area contributed by atoms with E-state index >= 15 is 0 Å². The lowest BCUT2D eigenvalue weighted by Crippen LogP contribution is -2.46. The third-order valence-electron chi connectivity index (χ3n) is 4.18. The molecule has 3 heterocycles. The van der Waals surface area contributed by atoms with E-state index in [-0.39, 0.29) is 17.9 Å². The van der Waals surface area contributed by atoms with Crippen molar-refractivity contribution >= 4 is 23.6 Å². The van der Waals surface area contributed by atoms with Crippen molar-refractivity contribution < 1.29 is 9.59 Å². The SMILES string of the molecule is O=C(Cc1ccc[nH]1)N1CCCN(C(=O)C2CSCN2)CC1. The van der Waals surface area contributed by atoms with Crippen LogP contribution in [0.25, 0.3) is 0 Å². The van der Waals surface area contributed by atoms with Gasteiger partial charge in [0.2, 0.25) is 11.8 Å². The Kier molecular flexibility index (Phi) is 5.04. The van der Waals surface area contributed by atoms with Gasteiger partial charge >= 0.3 is 0 Å². The molecule has 0 aliphatic carbocycles. The molecule has 0 spiro atoms. The molecule has 6 nitrogen and oxygen atoms in total. The quantitative estimate of drug-likeness (QED) is 0.839. The van der Waals surface area contributed by atoms with Crippen LogP contribution in [-0.2, 0) is 16.0 Å². The fourth-order valence-electron chi connectivity index (χ4n) is 2.91. The van der Waals surface area contributed by atoms with Gasteiger partial charge in [-0.05, 0) is 18.6 Å². The summed E-state index contributed by atoms with van der Waals surface area (Å²) in [6, 6.07) is 3.78. The molecule has 2 saturated heterocycles. The topological polar surface area (TPSA) is 68.4 Å². The third kappa shape index (κ3) is 3.64. The van der Waals surface area contributed by atoms with Crippen LogP contribution in [0.1, 0.15) is 12.1 Å². The lowest BCUT2D eigenvalue weighted by Gasteiger charge is -2.24. The number of carbonyl (C=O) groups excluding carboxylic acids is 2. The summed E-state index contributed by atoms with van der Waals surface area (Å²) in [4.78, 5) is 31.6. The van der Waals surface area contributed by atoms with E-state index in [1.54, 1.807) is 11.8 Å². The average Bonchev–Trinajstić information content (AvgIpc) is 3.16. The molecule has 1 aromatic heterocycles. The molecule has 1 atom stereocenters. The van der Waals surface area contributed by atoms with Crippen LogP contribution in [0.15, 0.2) is 18.3 Å². The highest BCUT2D eigenvalue weighted by atomic mass is 32.2. The number of nitrogens with zero attached hydrogens (tertiary/aromatic N) is 2. The van der Waals surface area contributed by atoms with Crippen LogP contribution in [0, 0.1) is 0 Å². The average molecular weight is 322 g/mol. The van der Waals surface area contributed by atoms with E-state index in [4.69, 9.17) is 0 Å². The Morgan fingerprint density at radius 3 is 2.77 bits per heavy atom.